The number of nitrogens with one attached hydrogen (secondary N) is 2. The molecule has 0 spiro atoms. The van der Waals surface area contributed by atoms with Gasteiger partial charge in [0.25, 0.3) is 0 Å². The smallest absolute Gasteiger partial charge is 0.121 e. The Kier molecular flexibility index (Phi) is 3.97. The van der Waals surface area contributed by atoms with E-state index in [2.05, 4.69) is 33.4 Å². The summed E-state index contributed by atoms with van der Waals surface area (Å²) in [5.41, 5.74) is 2.28. The molecular weight excluding hydrogens is 278 g/mol. The van der Waals surface area contributed by atoms with Gasteiger partial charge in [0, 0.05) is 17.6 Å². The summed E-state index contributed by atoms with van der Waals surface area (Å²) in [4.78, 5) is 2.03. The summed E-state index contributed by atoms with van der Waals surface area (Å²) in [6, 6.07) is 8.16. The highest BCUT2D eigenvalue weighted by molar-refractivity contribution is 9.10. The second-order valence-electron chi connectivity index (χ2n) is 4.14. The Morgan fingerprint density at radius 2 is 2.12 bits per heavy atom. The predicted molar refractivity (Wildman–Crippen MR) is 75.1 cm³/mol. The van der Waals surface area contributed by atoms with Crippen LogP contribution in [0.4, 0.5) is 0 Å². The zero-order valence-corrected chi connectivity index (χ0v) is 11.4. The lowest BCUT2D eigenvalue weighted by atomic mass is 10.1. The lowest BCUT2D eigenvalue weighted by molar-refractivity contribution is 0.511. The summed E-state index contributed by atoms with van der Waals surface area (Å²) in [5.74, 6) is 0.579. The van der Waals surface area contributed by atoms with Gasteiger partial charge in [-0.2, -0.15) is 0 Å². The normalized spacial score (nSPS) is 16.4. The SMILES string of the molecule is C/C(=C\C(=N)N1CCNC1)c1ccc(Br)cc1. The number of hydrogen-bond acceptors (Lipinski definition) is 2. The fourth-order valence-corrected chi connectivity index (χ4v) is 2.07. The Morgan fingerprint density at radius 3 is 2.71 bits per heavy atom. The summed E-state index contributed by atoms with van der Waals surface area (Å²) < 4.78 is 1.08. The molecule has 0 aromatic heterocycles. The molecule has 90 valence electrons. The van der Waals surface area contributed by atoms with E-state index in [0.29, 0.717) is 5.84 Å². The van der Waals surface area contributed by atoms with Gasteiger partial charge in [-0.05, 0) is 36.3 Å². The number of nitrogens with zero attached hydrogens (tertiary/aromatic N) is 1. The molecule has 1 heterocycles. The van der Waals surface area contributed by atoms with Crippen molar-refractivity contribution in [2.24, 2.45) is 0 Å². The molecule has 2 rings (SSSR count). The zero-order chi connectivity index (χ0) is 12.3. The van der Waals surface area contributed by atoms with Gasteiger partial charge in [0.2, 0.25) is 0 Å². The fraction of sp³-hybridized carbons (Fsp3) is 0.308. The van der Waals surface area contributed by atoms with E-state index < -0.39 is 0 Å². The average Bonchev–Trinajstić information content (AvgIpc) is 2.83. The van der Waals surface area contributed by atoms with Crippen LogP contribution in [-0.2, 0) is 0 Å². The van der Waals surface area contributed by atoms with E-state index in [0.717, 1.165) is 35.4 Å². The van der Waals surface area contributed by atoms with Gasteiger partial charge in [0.05, 0.1) is 6.67 Å². The van der Waals surface area contributed by atoms with Crippen LogP contribution in [0.1, 0.15) is 12.5 Å². The number of benzene rings is 1. The molecular formula is C13H16BrN3. The van der Waals surface area contributed by atoms with Crippen molar-refractivity contribution in [2.45, 2.75) is 6.92 Å². The second kappa shape index (κ2) is 5.47. The van der Waals surface area contributed by atoms with Crippen LogP contribution in [-0.4, -0.2) is 30.5 Å². The molecule has 2 N–H and O–H groups in total. The standard InChI is InChI=1S/C13H16BrN3/c1-10(11-2-4-12(14)5-3-11)8-13(15)17-7-6-16-9-17/h2-5,8,15-16H,6-7,9H2,1H3/b10-8+,15-13?. The largest absolute Gasteiger partial charge is 0.343 e. The Hall–Kier alpha value is -1.13. The number of amidine groups is 1. The highest BCUT2D eigenvalue weighted by Gasteiger charge is 2.12. The van der Waals surface area contributed by atoms with Crippen LogP contribution in [0.2, 0.25) is 0 Å². The molecule has 4 heteroatoms. The maximum atomic E-state index is 8.01. The molecule has 3 nitrogen and oxygen atoms in total. The molecule has 0 aliphatic carbocycles. The molecule has 1 aliphatic rings. The number of hydrogen-bond donors (Lipinski definition) is 2. The lowest BCUT2D eigenvalue weighted by Crippen LogP contribution is -2.27. The third kappa shape index (κ3) is 3.17. The quantitative estimate of drug-likeness (QED) is 0.650. The van der Waals surface area contributed by atoms with Crippen LogP contribution >= 0.6 is 15.9 Å². The highest BCUT2D eigenvalue weighted by Crippen LogP contribution is 2.17. The van der Waals surface area contributed by atoms with Crippen molar-refractivity contribution < 1.29 is 0 Å². The molecule has 1 aromatic rings. The van der Waals surface area contributed by atoms with Crippen molar-refractivity contribution in [1.82, 2.24) is 10.2 Å². The summed E-state index contributed by atoms with van der Waals surface area (Å²) in [6.07, 6.45) is 1.93. The third-order valence-corrected chi connectivity index (χ3v) is 3.38. The van der Waals surface area contributed by atoms with Crippen molar-refractivity contribution in [1.29, 1.82) is 5.41 Å². The van der Waals surface area contributed by atoms with Gasteiger partial charge < -0.3 is 4.90 Å². The second-order valence-corrected chi connectivity index (χ2v) is 5.06. The van der Waals surface area contributed by atoms with Gasteiger partial charge in [-0.1, -0.05) is 28.1 Å². The number of halogens is 1. The van der Waals surface area contributed by atoms with E-state index in [1.807, 2.05) is 30.0 Å². The van der Waals surface area contributed by atoms with E-state index in [4.69, 9.17) is 5.41 Å². The highest BCUT2D eigenvalue weighted by atomic mass is 79.9. The average molecular weight is 294 g/mol. The van der Waals surface area contributed by atoms with E-state index in [9.17, 15) is 0 Å². The van der Waals surface area contributed by atoms with Gasteiger partial charge in [-0.25, -0.2) is 0 Å². The molecule has 1 fully saturated rings. The first-order chi connectivity index (χ1) is 8.16. The van der Waals surface area contributed by atoms with Crippen LogP contribution in [0.5, 0.6) is 0 Å². The molecule has 1 aromatic carbocycles. The maximum absolute atomic E-state index is 8.01. The van der Waals surface area contributed by atoms with Crippen molar-refractivity contribution in [2.75, 3.05) is 19.8 Å². The molecule has 0 unspecified atom stereocenters. The monoisotopic (exact) mass is 293 g/mol. The van der Waals surface area contributed by atoms with E-state index >= 15 is 0 Å². The van der Waals surface area contributed by atoms with Gasteiger partial charge in [-0.3, -0.25) is 10.7 Å². The van der Waals surface area contributed by atoms with Gasteiger partial charge in [-0.15, -0.1) is 0 Å². The van der Waals surface area contributed by atoms with Crippen LogP contribution in [0.3, 0.4) is 0 Å². The molecule has 0 amide bonds. The molecule has 1 saturated heterocycles. The Balaban J connectivity index is 2.10. The molecule has 0 saturated carbocycles. The van der Waals surface area contributed by atoms with Crippen molar-refractivity contribution in [3.05, 3.63) is 40.4 Å². The first kappa shape index (κ1) is 12.3. The van der Waals surface area contributed by atoms with Crippen LogP contribution < -0.4 is 5.32 Å². The van der Waals surface area contributed by atoms with Gasteiger partial charge in [0.1, 0.15) is 5.84 Å². The minimum Gasteiger partial charge on any atom is -0.343 e. The molecule has 0 atom stereocenters. The van der Waals surface area contributed by atoms with Gasteiger partial charge in [0.15, 0.2) is 0 Å². The van der Waals surface area contributed by atoms with E-state index in [1.54, 1.807) is 0 Å². The predicted octanol–water partition coefficient (Wildman–Crippen LogP) is 2.69. The minimum absolute atomic E-state index is 0.579. The van der Waals surface area contributed by atoms with E-state index in [-0.39, 0.29) is 0 Å². The summed E-state index contributed by atoms with van der Waals surface area (Å²) in [7, 11) is 0. The Labute approximate surface area is 110 Å². The molecule has 17 heavy (non-hydrogen) atoms. The maximum Gasteiger partial charge on any atom is 0.121 e. The van der Waals surface area contributed by atoms with Crippen LogP contribution in [0.25, 0.3) is 5.57 Å². The summed E-state index contributed by atoms with van der Waals surface area (Å²) >= 11 is 3.42. The summed E-state index contributed by atoms with van der Waals surface area (Å²) in [5, 5.41) is 11.2. The van der Waals surface area contributed by atoms with Crippen LogP contribution in [0.15, 0.2) is 34.8 Å². The summed E-state index contributed by atoms with van der Waals surface area (Å²) in [6.45, 7) is 4.71. The van der Waals surface area contributed by atoms with E-state index in [1.165, 1.54) is 0 Å². The number of rotatable bonds is 2. The molecule has 1 aliphatic heterocycles. The first-order valence-corrected chi connectivity index (χ1v) is 6.44. The van der Waals surface area contributed by atoms with Gasteiger partial charge >= 0.3 is 0 Å². The van der Waals surface area contributed by atoms with Crippen LogP contribution in [0, 0.1) is 5.41 Å². The lowest BCUT2D eigenvalue weighted by Gasteiger charge is -2.15. The fourth-order valence-electron chi connectivity index (χ4n) is 1.81. The molecule has 0 bridgehead atoms. The molecule has 0 radical (unpaired) electrons. The van der Waals surface area contributed by atoms with Crippen molar-refractivity contribution in [3.8, 4) is 0 Å². The number of allylic oxidation sites excluding steroid dienone is 1. The zero-order valence-electron chi connectivity index (χ0n) is 9.83. The Morgan fingerprint density at radius 1 is 1.41 bits per heavy atom. The first-order valence-electron chi connectivity index (χ1n) is 5.65. The minimum atomic E-state index is 0.579. The van der Waals surface area contributed by atoms with Crippen molar-refractivity contribution >= 4 is 27.3 Å². The third-order valence-electron chi connectivity index (χ3n) is 2.85. The topological polar surface area (TPSA) is 39.1 Å². The Bertz CT molecular complexity index is 430. The van der Waals surface area contributed by atoms with Crippen molar-refractivity contribution in [3.63, 3.8) is 0 Å².